The normalized spacial score (nSPS) is 22.5. The van der Waals surface area contributed by atoms with E-state index in [2.05, 4.69) is 19.1 Å². The van der Waals surface area contributed by atoms with Gasteiger partial charge in [-0.3, -0.25) is 4.79 Å². The minimum Gasteiger partial charge on any atom is -0.334 e. The van der Waals surface area contributed by atoms with Crippen molar-refractivity contribution in [2.75, 3.05) is 6.54 Å². The molecule has 1 fully saturated rings. The zero-order valence-corrected chi connectivity index (χ0v) is 9.60. The zero-order chi connectivity index (χ0) is 11.5. The molecular formula is C13H18N2O. The van der Waals surface area contributed by atoms with E-state index < -0.39 is 0 Å². The molecule has 0 spiro atoms. The van der Waals surface area contributed by atoms with Crippen molar-refractivity contribution in [1.29, 1.82) is 0 Å². The molecule has 1 amide bonds. The van der Waals surface area contributed by atoms with E-state index in [1.54, 1.807) is 0 Å². The van der Waals surface area contributed by atoms with Crippen LogP contribution in [0.15, 0.2) is 30.3 Å². The summed E-state index contributed by atoms with van der Waals surface area (Å²) in [6.45, 7) is 2.79. The third-order valence-electron chi connectivity index (χ3n) is 3.14. The Hall–Kier alpha value is -1.35. The van der Waals surface area contributed by atoms with Crippen molar-refractivity contribution >= 4 is 5.91 Å². The van der Waals surface area contributed by atoms with Gasteiger partial charge in [-0.1, -0.05) is 37.3 Å². The molecule has 3 nitrogen and oxygen atoms in total. The molecule has 1 saturated heterocycles. The van der Waals surface area contributed by atoms with Crippen LogP contribution in [0.5, 0.6) is 0 Å². The third kappa shape index (κ3) is 2.09. The maximum Gasteiger partial charge on any atom is 0.224 e. The van der Waals surface area contributed by atoms with E-state index >= 15 is 0 Å². The van der Waals surface area contributed by atoms with Gasteiger partial charge in [0.05, 0.1) is 6.04 Å². The molecule has 1 aromatic rings. The van der Waals surface area contributed by atoms with E-state index in [1.165, 1.54) is 5.56 Å². The molecule has 1 aliphatic rings. The lowest BCUT2D eigenvalue weighted by molar-refractivity contribution is -0.129. The molecule has 0 bridgehead atoms. The predicted molar refractivity (Wildman–Crippen MR) is 63.8 cm³/mol. The van der Waals surface area contributed by atoms with Crippen LogP contribution >= 0.6 is 0 Å². The van der Waals surface area contributed by atoms with Crippen LogP contribution in [0.25, 0.3) is 0 Å². The lowest BCUT2D eigenvalue weighted by atomic mass is 10.0. The van der Waals surface area contributed by atoms with Crippen molar-refractivity contribution in [3.05, 3.63) is 35.9 Å². The van der Waals surface area contributed by atoms with Gasteiger partial charge in [-0.15, -0.1) is 0 Å². The maximum atomic E-state index is 11.8. The number of benzene rings is 1. The standard InChI is InChI=1S/C13H18N2O/c1-2-12(10-6-4-3-5-7-10)15-9-11(14)8-13(15)16/h3-7,11-12H,2,8-9,14H2,1H3/t11?,12-/m0/s1. The number of nitrogens with zero attached hydrogens (tertiary/aromatic N) is 1. The van der Waals surface area contributed by atoms with Crippen molar-refractivity contribution in [2.45, 2.75) is 31.8 Å². The molecule has 0 radical (unpaired) electrons. The van der Waals surface area contributed by atoms with Gasteiger partial charge in [0.2, 0.25) is 5.91 Å². The monoisotopic (exact) mass is 218 g/mol. The largest absolute Gasteiger partial charge is 0.334 e. The van der Waals surface area contributed by atoms with Crippen LogP contribution in [-0.4, -0.2) is 23.4 Å². The average Bonchev–Trinajstić information content (AvgIpc) is 2.61. The topological polar surface area (TPSA) is 46.3 Å². The fourth-order valence-corrected chi connectivity index (χ4v) is 2.37. The molecule has 16 heavy (non-hydrogen) atoms. The molecule has 3 heteroatoms. The average molecular weight is 218 g/mol. The first kappa shape index (κ1) is 11.1. The zero-order valence-electron chi connectivity index (χ0n) is 9.60. The van der Waals surface area contributed by atoms with Gasteiger partial charge in [-0.25, -0.2) is 0 Å². The summed E-state index contributed by atoms with van der Waals surface area (Å²) in [7, 11) is 0. The lowest BCUT2D eigenvalue weighted by Gasteiger charge is -2.27. The first-order valence-electron chi connectivity index (χ1n) is 5.82. The molecule has 0 aliphatic carbocycles. The molecule has 2 atom stereocenters. The van der Waals surface area contributed by atoms with Gasteiger partial charge in [-0.05, 0) is 12.0 Å². The van der Waals surface area contributed by atoms with Crippen molar-refractivity contribution in [3.63, 3.8) is 0 Å². The van der Waals surface area contributed by atoms with Crippen LogP contribution < -0.4 is 5.73 Å². The van der Waals surface area contributed by atoms with Crippen molar-refractivity contribution in [1.82, 2.24) is 4.90 Å². The fourth-order valence-electron chi connectivity index (χ4n) is 2.37. The Morgan fingerprint density at radius 3 is 2.62 bits per heavy atom. The van der Waals surface area contributed by atoms with Crippen LogP contribution in [-0.2, 0) is 4.79 Å². The first-order valence-corrected chi connectivity index (χ1v) is 5.82. The van der Waals surface area contributed by atoms with E-state index in [4.69, 9.17) is 5.73 Å². The van der Waals surface area contributed by atoms with Crippen molar-refractivity contribution < 1.29 is 4.79 Å². The summed E-state index contributed by atoms with van der Waals surface area (Å²) in [5.74, 6) is 0.184. The number of carbonyl (C=O) groups is 1. The highest BCUT2D eigenvalue weighted by molar-refractivity contribution is 5.79. The second kappa shape index (κ2) is 4.66. The van der Waals surface area contributed by atoms with E-state index in [0.717, 1.165) is 6.42 Å². The quantitative estimate of drug-likeness (QED) is 0.839. The molecule has 0 saturated carbocycles. The van der Waals surface area contributed by atoms with Gasteiger partial charge in [-0.2, -0.15) is 0 Å². The number of likely N-dealkylation sites (tertiary alicyclic amines) is 1. The lowest BCUT2D eigenvalue weighted by Crippen LogP contribution is -2.32. The summed E-state index contributed by atoms with van der Waals surface area (Å²) in [4.78, 5) is 13.7. The molecule has 1 aromatic carbocycles. The number of carbonyl (C=O) groups excluding carboxylic acids is 1. The van der Waals surface area contributed by atoms with E-state index in [-0.39, 0.29) is 18.0 Å². The number of hydrogen-bond acceptors (Lipinski definition) is 2. The van der Waals surface area contributed by atoms with Gasteiger partial charge in [0, 0.05) is 19.0 Å². The summed E-state index contributed by atoms with van der Waals surface area (Å²) in [6, 6.07) is 10.4. The smallest absolute Gasteiger partial charge is 0.224 e. The highest BCUT2D eigenvalue weighted by Gasteiger charge is 2.32. The molecule has 2 N–H and O–H groups in total. The molecular weight excluding hydrogens is 200 g/mol. The second-order valence-electron chi connectivity index (χ2n) is 4.35. The predicted octanol–water partition coefficient (Wildman–Crippen LogP) is 1.70. The van der Waals surface area contributed by atoms with Gasteiger partial charge in [0.25, 0.3) is 0 Å². The Balaban J connectivity index is 2.20. The van der Waals surface area contributed by atoms with Crippen LogP contribution in [0.2, 0.25) is 0 Å². The Morgan fingerprint density at radius 2 is 2.12 bits per heavy atom. The van der Waals surface area contributed by atoms with Crippen LogP contribution in [0, 0.1) is 0 Å². The summed E-state index contributed by atoms with van der Waals surface area (Å²) >= 11 is 0. The van der Waals surface area contributed by atoms with E-state index in [9.17, 15) is 4.79 Å². The molecule has 0 aromatic heterocycles. The highest BCUT2D eigenvalue weighted by Crippen LogP contribution is 2.27. The highest BCUT2D eigenvalue weighted by atomic mass is 16.2. The van der Waals surface area contributed by atoms with Gasteiger partial charge >= 0.3 is 0 Å². The van der Waals surface area contributed by atoms with Crippen LogP contribution in [0.4, 0.5) is 0 Å². The molecule has 86 valence electrons. The summed E-state index contributed by atoms with van der Waals surface area (Å²) < 4.78 is 0. The number of amides is 1. The Kier molecular flexibility index (Phi) is 3.25. The van der Waals surface area contributed by atoms with Crippen LogP contribution in [0.3, 0.4) is 0 Å². The molecule has 2 rings (SSSR count). The number of nitrogens with two attached hydrogens (primary N) is 1. The Morgan fingerprint density at radius 1 is 1.44 bits per heavy atom. The van der Waals surface area contributed by atoms with E-state index in [1.807, 2.05) is 23.1 Å². The van der Waals surface area contributed by atoms with Crippen molar-refractivity contribution in [3.8, 4) is 0 Å². The Bertz CT molecular complexity index is 363. The number of hydrogen-bond donors (Lipinski definition) is 1. The first-order chi connectivity index (χ1) is 7.72. The van der Waals surface area contributed by atoms with Gasteiger partial charge < -0.3 is 10.6 Å². The minimum atomic E-state index is 0.00487. The fraction of sp³-hybridized carbons (Fsp3) is 0.462. The Labute approximate surface area is 96.2 Å². The summed E-state index contributed by atoms with van der Waals surface area (Å²) in [5.41, 5.74) is 7.02. The summed E-state index contributed by atoms with van der Waals surface area (Å²) in [6.07, 6.45) is 1.42. The molecule has 1 aliphatic heterocycles. The maximum absolute atomic E-state index is 11.8. The van der Waals surface area contributed by atoms with E-state index in [0.29, 0.717) is 13.0 Å². The molecule has 1 heterocycles. The van der Waals surface area contributed by atoms with Gasteiger partial charge in [0.1, 0.15) is 0 Å². The third-order valence-corrected chi connectivity index (χ3v) is 3.14. The van der Waals surface area contributed by atoms with Crippen molar-refractivity contribution in [2.24, 2.45) is 5.73 Å². The minimum absolute atomic E-state index is 0.00487. The number of rotatable bonds is 3. The van der Waals surface area contributed by atoms with Crippen LogP contribution in [0.1, 0.15) is 31.4 Å². The summed E-state index contributed by atoms with van der Waals surface area (Å²) in [5, 5.41) is 0. The van der Waals surface area contributed by atoms with Gasteiger partial charge in [0.15, 0.2) is 0 Å². The molecule has 1 unspecified atom stereocenters. The second-order valence-corrected chi connectivity index (χ2v) is 4.35. The SMILES string of the molecule is CC[C@@H](c1ccccc1)N1CC(N)CC1=O.